The van der Waals surface area contributed by atoms with Crippen molar-refractivity contribution in [2.75, 3.05) is 6.61 Å². The van der Waals surface area contributed by atoms with Crippen molar-refractivity contribution in [3.63, 3.8) is 0 Å². The molecule has 0 saturated heterocycles. The quantitative estimate of drug-likeness (QED) is 0.723. The van der Waals surface area contributed by atoms with Gasteiger partial charge in [0.2, 0.25) is 0 Å². The molecular formula is C24H27NO5. The fourth-order valence-corrected chi connectivity index (χ4v) is 3.63. The van der Waals surface area contributed by atoms with Crippen molar-refractivity contribution in [3.05, 3.63) is 59.7 Å². The van der Waals surface area contributed by atoms with E-state index in [1.807, 2.05) is 36.4 Å². The third-order valence-corrected chi connectivity index (χ3v) is 4.92. The van der Waals surface area contributed by atoms with Gasteiger partial charge in [-0.15, -0.1) is 0 Å². The van der Waals surface area contributed by atoms with E-state index >= 15 is 0 Å². The van der Waals surface area contributed by atoms with Gasteiger partial charge in [0.25, 0.3) is 0 Å². The van der Waals surface area contributed by atoms with E-state index in [1.54, 1.807) is 20.8 Å². The molecule has 3 rings (SSSR count). The molecule has 1 amide bonds. The SMILES string of the molecule is CC(=O)[C@H](CC(=O)OC(C)(C)C)NC(=O)OCC1c2ccccc2-c2ccccc21. The Kier molecular flexibility index (Phi) is 6.25. The predicted octanol–water partition coefficient (Wildman–Crippen LogP) is 4.21. The van der Waals surface area contributed by atoms with Gasteiger partial charge in [0, 0.05) is 5.92 Å². The Morgan fingerprint density at radius 3 is 2.00 bits per heavy atom. The van der Waals surface area contributed by atoms with Crippen LogP contribution in [0.3, 0.4) is 0 Å². The van der Waals surface area contributed by atoms with Crippen LogP contribution in [0, 0.1) is 0 Å². The third kappa shape index (κ3) is 5.06. The highest BCUT2D eigenvalue weighted by atomic mass is 16.6. The summed E-state index contributed by atoms with van der Waals surface area (Å²) in [4.78, 5) is 36.3. The minimum Gasteiger partial charge on any atom is -0.460 e. The summed E-state index contributed by atoms with van der Waals surface area (Å²) < 4.78 is 10.7. The number of ketones is 1. The molecule has 2 aromatic carbocycles. The Morgan fingerprint density at radius 2 is 1.50 bits per heavy atom. The lowest BCUT2D eigenvalue weighted by Gasteiger charge is -2.22. The van der Waals surface area contributed by atoms with Gasteiger partial charge in [-0.2, -0.15) is 0 Å². The molecule has 0 fully saturated rings. The van der Waals surface area contributed by atoms with Gasteiger partial charge < -0.3 is 14.8 Å². The minimum absolute atomic E-state index is 0.0789. The fourth-order valence-electron chi connectivity index (χ4n) is 3.63. The molecule has 0 unspecified atom stereocenters. The van der Waals surface area contributed by atoms with Crippen LogP contribution in [0.2, 0.25) is 0 Å². The summed E-state index contributed by atoms with van der Waals surface area (Å²) in [6.45, 7) is 6.68. The highest BCUT2D eigenvalue weighted by molar-refractivity contribution is 5.89. The Labute approximate surface area is 176 Å². The van der Waals surface area contributed by atoms with E-state index in [2.05, 4.69) is 17.4 Å². The summed E-state index contributed by atoms with van der Waals surface area (Å²) >= 11 is 0. The van der Waals surface area contributed by atoms with Gasteiger partial charge in [0.15, 0.2) is 5.78 Å². The van der Waals surface area contributed by atoms with E-state index < -0.39 is 23.7 Å². The van der Waals surface area contributed by atoms with E-state index in [0.29, 0.717) is 0 Å². The number of nitrogens with one attached hydrogen (secondary N) is 1. The molecular weight excluding hydrogens is 382 g/mol. The summed E-state index contributed by atoms with van der Waals surface area (Å²) in [6, 6.07) is 15.1. The van der Waals surface area contributed by atoms with Crippen LogP contribution >= 0.6 is 0 Å². The lowest BCUT2D eigenvalue weighted by molar-refractivity contribution is -0.156. The van der Waals surface area contributed by atoms with Crippen LogP contribution in [0.1, 0.15) is 51.2 Å². The summed E-state index contributed by atoms with van der Waals surface area (Å²) in [5.74, 6) is -0.971. The number of carbonyl (C=O) groups is 3. The number of amides is 1. The van der Waals surface area contributed by atoms with Gasteiger partial charge in [-0.25, -0.2) is 4.79 Å². The maximum absolute atomic E-state index is 12.4. The number of benzene rings is 2. The Morgan fingerprint density at radius 1 is 0.967 bits per heavy atom. The molecule has 0 radical (unpaired) electrons. The molecule has 1 aliphatic carbocycles. The Hall–Kier alpha value is -3.15. The third-order valence-electron chi connectivity index (χ3n) is 4.92. The number of fused-ring (bicyclic) bond motifs is 3. The van der Waals surface area contributed by atoms with Gasteiger partial charge >= 0.3 is 12.1 Å². The summed E-state index contributed by atoms with van der Waals surface area (Å²) in [7, 11) is 0. The van der Waals surface area contributed by atoms with E-state index in [9.17, 15) is 14.4 Å². The normalized spacial score (nSPS) is 13.7. The Bertz CT molecular complexity index is 915. The van der Waals surface area contributed by atoms with Crippen molar-refractivity contribution in [3.8, 4) is 11.1 Å². The molecule has 2 aromatic rings. The Balaban J connectivity index is 1.64. The van der Waals surface area contributed by atoms with Crippen LogP contribution < -0.4 is 5.32 Å². The molecule has 30 heavy (non-hydrogen) atoms. The van der Waals surface area contributed by atoms with Crippen LogP contribution in [-0.4, -0.2) is 36.1 Å². The van der Waals surface area contributed by atoms with Gasteiger partial charge in [-0.05, 0) is 49.9 Å². The highest BCUT2D eigenvalue weighted by Gasteiger charge is 2.30. The molecule has 1 aliphatic rings. The second kappa shape index (κ2) is 8.69. The van der Waals surface area contributed by atoms with Gasteiger partial charge in [0.05, 0.1) is 6.42 Å². The van der Waals surface area contributed by atoms with Crippen molar-refractivity contribution < 1.29 is 23.9 Å². The topological polar surface area (TPSA) is 81.7 Å². The van der Waals surface area contributed by atoms with Crippen LogP contribution in [0.25, 0.3) is 11.1 Å². The second-order valence-corrected chi connectivity index (χ2v) is 8.42. The number of alkyl carbamates (subject to hydrolysis) is 1. The zero-order valence-electron chi connectivity index (χ0n) is 17.7. The van der Waals surface area contributed by atoms with E-state index in [0.717, 1.165) is 22.3 Å². The minimum atomic E-state index is -0.990. The number of Topliss-reactive ketones (excluding diaryl/α,β-unsaturated/α-hetero) is 1. The number of carbonyl (C=O) groups excluding carboxylic acids is 3. The first-order valence-corrected chi connectivity index (χ1v) is 9.99. The first kappa shape index (κ1) is 21.6. The van der Waals surface area contributed by atoms with Crippen LogP contribution in [0.4, 0.5) is 4.79 Å². The smallest absolute Gasteiger partial charge is 0.407 e. The zero-order valence-corrected chi connectivity index (χ0v) is 17.7. The summed E-state index contributed by atoms with van der Waals surface area (Å²) in [6.07, 6.45) is -0.975. The van der Waals surface area contributed by atoms with E-state index in [1.165, 1.54) is 6.92 Å². The largest absolute Gasteiger partial charge is 0.460 e. The number of hydrogen-bond acceptors (Lipinski definition) is 5. The second-order valence-electron chi connectivity index (χ2n) is 8.42. The lowest BCUT2D eigenvalue weighted by atomic mass is 9.98. The van der Waals surface area contributed by atoms with Crippen LogP contribution in [-0.2, 0) is 19.1 Å². The molecule has 0 bridgehead atoms. The standard InChI is InChI=1S/C24H27NO5/c1-15(26)21(13-22(27)30-24(2,3)4)25-23(28)29-14-20-18-11-7-5-9-16(18)17-10-6-8-12-19(17)20/h5-12,20-21H,13-14H2,1-4H3,(H,25,28)/t21-/m0/s1. The van der Waals surface area contributed by atoms with Crippen molar-refractivity contribution in [1.82, 2.24) is 5.32 Å². The molecule has 1 atom stereocenters. The lowest BCUT2D eigenvalue weighted by Crippen LogP contribution is -2.42. The average Bonchev–Trinajstić information content (AvgIpc) is 2.98. The first-order valence-electron chi connectivity index (χ1n) is 9.99. The van der Waals surface area contributed by atoms with Crippen molar-refractivity contribution in [2.45, 2.75) is 51.7 Å². The van der Waals surface area contributed by atoms with Gasteiger partial charge in [-0.3, -0.25) is 9.59 Å². The number of hydrogen-bond donors (Lipinski definition) is 1. The van der Waals surface area contributed by atoms with Crippen molar-refractivity contribution >= 4 is 17.8 Å². The van der Waals surface area contributed by atoms with E-state index in [-0.39, 0.29) is 24.7 Å². The summed E-state index contributed by atoms with van der Waals surface area (Å²) in [5.41, 5.74) is 3.80. The van der Waals surface area contributed by atoms with Gasteiger partial charge in [0.1, 0.15) is 18.2 Å². The summed E-state index contributed by atoms with van der Waals surface area (Å²) in [5, 5.41) is 2.49. The van der Waals surface area contributed by atoms with Crippen LogP contribution in [0.15, 0.2) is 48.5 Å². The molecule has 158 valence electrons. The van der Waals surface area contributed by atoms with Crippen LogP contribution in [0.5, 0.6) is 0 Å². The maximum atomic E-state index is 12.4. The number of esters is 1. The molecule has 0 aliphatic heterocycles. The predicted molar refractivity (Wildman–Crippen MR) is 113 cm³/mol. The first-order chi connectivity index (χ1) is 14.2. The molecule has 0 heterocycles. The number of rotatable bonds is 6. The molecule has 6 nitrogen and oxygen atoms in total. The fraction of sp³-hybridized carbons (Fsp3) is 0.375. The zero-order chi connectivity index (χ0) is 21.9. The monoisotopic (exact) mass is 409 g/mol. The molecule has 1 N–H and O–H groups in total. The molecule has 0 saturated carbocycles. The molecule has 0 aromatic heterocycles. The van der Waals surface area contributed by atoms with Crippen molar-refractivity contribution in [1.29, 1.82) is 0 Å². The number of ether oxygens (including phenoxy) is 2. The average molecular weight is 409 g/mol. The highest BCUT2D eigenvalue weighted by Crippen LogP contribution is 2.44. The molecule has 0 spiro atoms. The van der Waals surface area contributed by atoms with Gasteiger partial charge in [-0.1, -0.05) is 48.5 Å². The van der Waals surface area contributed by atoms with E-state index in [4.69, 9.17) is 9.47 Å². The van der Waals surface area contributed by atoms with Crippen molar-refractivity contribution in [2.24, 2.45) is 0 Å². The molecule has 6 heteroatoms. The maximum Gasteiger partial charge on any atom is 0.407 e.